The van der Waals surface area contributed by atoms with Gasteiger partial charge in [-0.05, 0) is 29.3 Å². The standard InChI is InChI=1S/C30H28N2O2/c1-34-28-22-12-11-14-24(28)19-13-23-32(30(33)31-27-20-9-4-10-21-27)29(25-15-5-2-6-16-25)26-17-7-3-8-18-26/h2-22,29H,23H2,1H3,(H,31,33)/b19-13+. The number of amides is 2. The third-order valence-electron chi connectivity index (χ3n) is 5.57. The number of methoxy groups -OCH3 is 1. The monoisotopic (exact) mass is 448 g/mol. The van der Waals surface area contributed by atoms with Crippen molar-refractivity contribution in [1.82, 2.24) is 4.90 Å². The van der Waals surface area contributed by atoms with Crippen LogP contribution in [-0.4, -0.2) is 24.6 Å². The van der Waals surface area contributed by atoms with Gasteiger partial charge in [0, 0.05) is 17.8 Å². The van der Waals surface area contributed by atoms with E-state index in [0.717, 1.165) is 28.1 Å². The Kier molecular flexibility index (Phi) is 7.75. The number of benzene rings is 4. The van der Waals surface area contributed by atoms with Gasteiger partial charge in [-0.1, -0.05) is 109 Å². The maximum atomic E-state index is 13.6. The van der Waals surface area contributed by atoms with Crippen LogP contribution in [0.25, 0.3) is 6.08 Å². The fraction of sp³-hybridized carbons (Fsp3) is 0.100. The minimum atomic E-state index is -0.256. The highest BCUT2D eigenvalue weighted by molar-refractivity contribution is 5.90. The van der Waals surface area contributed by atoms with Gasteiger partial charge in [-0.25, -0.2) is 4.79 Å². The molecule has 170 valence electrons. The van der Waals surface area contributed by atoms with Gasteiger partial charge in [0.1, 0.15) is 5.75 Å². The zero-order valence-electron chi connectivity index (χ0n) is 19.2. The Morgan fingerprint density at radius 2 is 1.32 bits per heavy atom. The summed E-state index contributed by atoms with van der Waals surface area (Å²) >= 11 is 0. The van der Waals surface area contributed by atoms with Crippen LogP contribution in [0.15, 0.2) is 121 Å². The molecule has 0 radical (unpaired) electrons. The summed E-state index contributed by atoms with van der Waals surface area (Å²) in [6.07, 6.45) is 4.00. The Morgan fingerprint density at radius 1 is 0.794 bits per heavy atom. The predicted molar refractivity (Wildman–Crippen MR) is 139 cm³/mol. The maximum Gasteiger partial charge on any atom is 0.322 e. The van der Waals surface area contributed by atoms with E-state index in [0.29, 0.717) is 6.54 Å². The number of ether oxygens (including phenoxy) is 1. The first-order chi connectivity index (χ1) is 16.8. The van der Waals surface area contributed by atoms with Crippen molar-refractivity contribution in [2.45, 2.75) is 6.04 Å². The molecule has 0 aliphatic carbocycles. The number of nitrogens with one attached hydrogen (secondary N) is 1. The van der Waals surface area contributed by atoms with E-state index >= 15 is 0 Å². The largest absolute Gasteiger partial charge is 0.496 e. The second-order valence-electron chi connectivity index (χ2n) is 7.82. The molecule has 0 aromatic heterocycles. The number of nitrogens with zero attached hydrogens (tertiary/aromatic N) is 1. The van der Waals surface area contributed by atoms with Crippen molar-refractivity contribution in [3.8, 4) is 5.75 Å². The van der Waals surface area contributed by atoms with E-state index in [4.69, 9.17) is 4.74 Å². The molecule has 0 saturated carbocycles. The molecule has 1 N–H and O–H groups in total. The lowest BCUT2D eigenvalue weighted by molar-refractivity contribution is 0.205. The molecule has 0 unspecified atom stereocenters. The molecule has 0 spiro atoms. The zero-order chi connectivity index (χ0) is 23.6. The number of anilines is 1. The van der Waals surface area contributed by atoms with Gasteiger partial charge in [0.2, 0.25) is 0 Å². The predicted octanol–water partition coefficient (Wildman–Crippen LogP) is 7.03. The molecule has 4 aromatic carbocycles. The average molecular weight is 449 g/mol. The van der Waals surface area contributed by atoms with Crippen LogP contribution in [0.2, 0.25) is 0 Å². The number of para-hydroxylation sites is 2. The molecule has 4 nitrogen and oxygen atoms in total. The normalized spacial score (nSPS) is 10.9. The zero-order valence-corrected chi connectivity index (χ0v) is 19.2. The van der Waals surface area contributed by atoms with Gasteiger partial charge >= 0.3 is 6.03 Å². The van der Waals surface area contributed by atoms with Crippen LogP contribution >= 0.6 is 0 Å². The van der Waals surface area contributed by atoms with Gasteiger partial charge in [-0.3, -0.25) is 0 Å². The molecule has 0 bridgehead atoms. The van der Waals surface area contributed by atoms with Crippen LogP contribution in [0.5, 0.6) is 5.75 Å². The fourth-order valence-electron chi connectivity index (χ4n) is 3.94. The highest BCUT2D eigenvalue weighted by Gasteiger charge is 2.26. The number of urea groups is 1. The van der Waals surface area contributed by atoms with Gasteiger partial charge in [0.25, 0.3) is 0 Å². The lowest BCUT2D eigenvalue weighted by Gasteiger charge is -2.32. The highest BCUT2D eigenvalue weighted by atomic mass is 16.5. The van der Waals surface area contributed by atoms with Crippen LogP contribution in [0.3, 0.4) is 0 Å². The first-order valence-corrected chi connectivity index (χ1v) is 11.3. The molecule has 4 rings (SSSR count). The van der Waals surface area contributed by atoms with Gasteiger partial charge < -0.3 is 15.0 Å². The summed E-state index contributed by atoms with van der Waals surface area (Å²) in [5, 5.41) is 3.06. The molecular weight excluding hydrogens is 420 g/mol. The summed E-state index contributed by atoms with van der Waals surface area (Å²) in [5.74, 6) is 0.793. The minimum Gasteiger partial charge on any atom is -0.496 e. The first kappa shape index (κ1) is 22.9. The van der Waals surface area contributed by atoms with Crippen LogP contribution in [0, 0.1) is 0 Å². The number of hydrogen-bond donors (Lipinski definition) is 1. The van der Waals surface area contributed by atoms with E-state index in [2.05, 4.69) is 29.6 Å². The topological polar surface area (TPSA) is 41.6 Å². The first-order valence-electron chi connectivity index (χ1n) is 11.3. The summed E-state index contributed by atoms with van der Waals surface area (Å²) in [6, 6.07) is 37.2. The smallest absolute Gasteiger partial charge is 0.322 e. The number of carbonyl (C=O) groups is 1. The molecule has 0 fully saturated rings. The Balaban J connectivity index is 1.70. The highest BCUT2D eigenvalue weighted by Crippen LogP contribution is 2.30. The molecule has 0 aliphatic heterocycles. The fourth-order valence-corrected chi connectivity index (χ4v) is 3.94. The molecule has 0 aliphatic rings. The number of hydrogen-bond acceptors (Lipinski definition) is 2. The van der Waals surface area contributed by atoms with E-state index in [1.54, 1.807) is 7.11 Å². The summed E-state index contributed by atoms with van der Waals surface area (Å²) in [4.78, 5) is 15.5. The van der Waals surface area contributed by atoms with Crippen molar-refractivity contribution < 1.29 is 9.53 Å². The Morgan fingerprint density at radius 3 is 1.91 bits per heavy atom. The Hall–Kier alpha value is -4.31. The van der Waals surface area contributed by atoms with Crippen molar-refractivity contribution in [3.63, 3.8) is 0 Å². The molecule has 34 heavy (non-hydrogen) atoms. The second kappa shape index (κ2) is 11.5. The Labute approximate surface area is 201 Å². The molecule has 4 heteroatoms. The van der Waals surface area contributed by atoms with E-state index in [-0.39, 0.29) is 12.1 Å². The van der Waals surface area contributed by atoms with Crippen LogP contribution in [-0.2, 0) is 0 Å². The SMILES string of the molecule is COc1ccccc1/C=C/CN(C(=O)Nc1ccccc1)C(c1ccccc1)c1ccccc1. The third kappa shape index (κ3) is 5.73. The van der Waals surface area contributed by atoms with Gasteiger partial charge in [-0.2, -0.15) is 0 Å². The van der Waals surface area contributed by atoms with E-state index in [1.807, 2.05) is 108 Å². The molecular formula is C30H28N2O2. The quantitative estimate of drug-likeness (QED) is 0.314. The summed E-state index contributed by atoms with van der Waals surface area (Å²) in [6.45, 7) is 0.408. The third-order valence-corrected chi connectivity index (χ3v) is 5.57. The second-order valence-corrected chi connectivity index (χ2v) is 7.82. The van der Waals surface area contributed by atoms with Crippen molar-refractivity contribution >= 4 is 17.8 Å². The average Bonchev–Trinajstić information content (AvgIpc) is 2.90. The van der Waals surface area contributed by atoms with Crippen LogP contribution < -0.4 is 10.1 Å². The number of carbonyl (C=O) groups excluding carboxylic acids is 1. The molecule has 4 aromatic rings. The number of rotatable bonds is 8. The summed E-state index contributed by atoms with van der Waals surface area (Å²) < 4.78 is 5.47. The van der Waals surface area contributed by atoms with Gasteiger partial charge in [-0.15, -0.1) is 0 Å². The van der Waals surface area contributed by atoms with Gasteiger partial charge in [0.05, 0.1) is 13.2 Å². The van der Waals surface area contributed by atoms with Crippen molar-refractivity contribution in [1.29, 1.82) is 0 Å². The van der Waals surface area contributed by atoms with Gasteiger partial charge in [0.15, 0.2) is 0 Å². The van der Waals surface area contributed by atoms with Crippen molar-refractivity contribution in [2.24, 2.45) is 0 Å². The molecule has 0 heterocycles. The summed E-state index contributed by atoms with van der Waals surface area (Å²) in [7, 11) is 1.66. The van der Waals surface area contributed by atoms with E-state index in [9.17, 15) is 4.79 Å². The Bertz CT molecular complexity index is 1170. The van der Waals surface area contributed by atoms with Crippen LogP contribution in [0.1, 0.15) is 22.7 Å². The van der Waals surface area contributed by atoms with E-state index in [1.165, 1.54) is 0 Å². The molecule has 2 amide bonds. The van der Waals surface area contributed by atoms with Crippen molar-refractivity contribution in [3.05, 3.63) is 138 Å². The van der Waals surface area contributed by atoms with Crippen LogP contribution in [0.4, 0.5) is 10.5 Å². The van der Waals surface area contributed by atoms with Crippen molar-refractivity contribution in [2.75, 3.05) is 19.0 Å². The molecule has 0 atom stereocenters. The van der Waals surface area contributed by atoms with E-state index < -0.39 is 0 Å². The lowest BCUT2D eigenvalue weighted by Crippen LogP contribution is -2.38. The lowest BCUT2D eigenvalue weighted by atomic mass is 9.97. The maximum absolute atomic E-state index is 13.6. The minimum absolute atomic E-state index is 0.173. The molecule has 0 saturated heterocycles. The summed E-state index contributed by atoms with van der Waals surface area (Å²) in [5.41, 5.74) is 3.81.